The lowest BCUT2D eigenvalue weighted by Gasteiger charge is -2.34. The topological polar surface area (TPSA) is 75.5 Å². The third-order valence-corrected chi connectivity index (χ3v) is 7.14. The number of piperidine rings is 1. The maximum Gasteiger partial charge on any atom is 0.230 e. The quantitative estimate of drug-likeness (QED) is 0.345. The number of nitrogens with zero attached hydrogens (tertiary/aromatic N) is 3. The van der Waals surface area contributed by atoms with Gasteiger partial charge in [0.1, 0.15) is 17.9 Å². The number of hydrogen-bond donors (Lipinski definition) is 2. The summed E-state index contributed by atoms with van der Waals surface area (Å²) >= 11 is 0. The van der Waals surface area contributed by atoms with Crippen molar-refractivity contribution in [2.75, 3.05) is 36.5 Å². The molecule has 1 saturated heterocycles. The number of halogens is 2. The van der Waals surface area contributed by atoms with E-state index in [9.17, 15) is 8.78 Å². The molecule has 2 aromatic carbocycles. The van der Waals surface area contributed by atoms with Crippen molar-refractivity contribution in [3.05, 3.63) is 59.8 Å². The van der Waals surface area contributed by atoms with E-state index in [1.165, 1.54) is 11.6 Å². The van der Waals surface area contributed by atoms with E-state index in [1.54, 1.807) is 6.07 Å². The SMILES string of the molecule is CC(C)N1CCOc2c(F)cc(-c3nc(Nc4cc5ccc(C6CCNCC6)cc5o4)ncc3F)cc21. The summed E-state index contributed by atoms with van der Waals surface area (Å²) in [5.41, 5.74) is 2.94. The predicted molar refractivity (Wildman–Crippen MR) is 140 cm³/mol. The Morgan fingerprint density at radius 3 is 2.73 bits per heavy atom. The summed E-state index contributed by atoms with van der Waals surface area (Å²) in [6.45, 7) is 7.11. The molecule has 37 heavy (non-hydrogen) atoms. The van der Waals surface area contributed by atoms with Gasteiger partial charge in [-0.2, -0.15) is 0 Å². The zero-order valence-electron chi connectivity index (χ0n) is 20.9. The smallest absolute Gasteiger partial charge is 0.230 e. The molecule has 2 N–H and O–H groups in total. The van der Waals surface area contributed by atoms with Crippen LogP contribution >= 0.6 is 0 Å². The summed E-state index contributed by atoms with van der Waals surface area (Å²) in [5.74, 6) is 0.114. The minimum atomic E-state index is -0.644. The second-order valence-corrected chi connectivity index (χ2v) is 9.89. The van der Waals surface area contributed by atoms with Gasteiger partial charge < -0.3 is 19.4 Å². The van der Waals surface area contributed by atoms with E-state index in [0.717, 1.165) is 43.1 Å². The maximum absolute atomic E-state index is 15.0. The molecule has 4 aromatic rings. The monoisotopic (exact) mass is 505 g/mol. The molecule has 0 unspecified atom stereocenters. The van der Waals surface area contributed by atoms with Crippen molar-refractivity contribution in [2.45, 2.75) is 38.6 Å². The Balaban J connectivity index is 1.30. The number of hydrogen-bond acceptors (Lipinski definition) is 7. The second kappa shape index (κ2) is 9.63. The predicted octanol–water partition coefficient (Wildman–Crippen LogP) is 5.99. The van der Waals surface area contributed by atoms with Crippen LogP contribution in [0.2, 0.25) is 0 Å². The molecule has 0 bridgehead atoms. The summed E-state index contributed by atoms with van der Waals surface area (Å²) in [5, 5.41) is 7.39. The van der Waals surface area contributed by atoms with E-state index in [-0.39, 0.29) is 23.4 Å². The highest BCUT2D eigenvalue weighted by atomic mass is 19.1. The number of furan rings is 1. The van der Waals surface area contributed by atoms with Gasteiger partial charge in [0.25, 0.3) is 0 Å². The lowest BCUT2D eigenvalue weighted by molar-refractivity contribution is 0.287. The largest absolute Gasteiger partial charge is 0.486 e. The number of benzene rings is 2. The fraction of sp³-hybridized carbons (Fsp3) is 0.357. The maximum atomic E-state index is 15.0. The molecule has 6 rings (SSSR count). The Labute approximate surface area is 213 Å². The van der Waals surface area contributed by atoms with Crippen LogP contribution in [0.15, 0.2) is 47.0 Å². The highest BCUT2D eigenvalue weighted by molar-refractivity contribution is 5.82. The van der Waals surface area contributed by atoms with Gasteiger partial charge >= 0.3 is 0 Å². The van der Waals surface area contributed by atoms with Crippen LogP contribution in [0.4, 0.5) is 26.3 Å². The fourth-order valence-corrected chi connectivity index (χ4v) is 5.23. The summed E-state index contributed by atoms with van der Waals surface area (Å²) in [6, 6.07) is 11.3. The van der Waals surface area contributed by atoms with Crippen LogP contribution in [-0.2, 0) is 0 Å². The molecule has 0 saturated carbocycles. The van der Waals surface area contributed by atoms with Gasteiger partial charge in [0.05, 0.1) is 18.4 Å². The van der Waals surface area contributed by atoms with Gasteiger partial charge in [-0.15, -0.1) is 0 Å². The third kappa shape index (κ3) is 4.59. The van der Waals surface area contributed by atoms with Crippen molar-refractivity contribution in [3.8, 4) is 17.0 Å². The number of fused-ring (bicyclic) bond motifs is 2. The highest BCUT2D eigenvalue weighted by Crippen LogP contribution is 2.39. The Morgan fingerprint density at radius 1 is 1.08 bits per heavy atom. The molecule has 4 heterocycles. The number of rotatable bonds is 5. The lowest BCUT2D eigenvalue weighted by Crippen LogP contribution is -2.38. The fourth-order valence-electron chi connectivity index (χ4n) is 5.23. The van der Waals surface area contributed by atoms with Gasteiger partial charge in [0, 0.05) is 23.1 Å². The zero-order chi connectivity index (χ0) is 25.5. The van der Waals surface area contributed by atoms with Crippen LogP contribution in [0.5, 0.6) is 5.75 Å². The summed E-state index contributed by atoms with van der Waals surface area (Å²) in [4.78, 5) is 10.5. The van der Waals surface area contributed by atoms with Crippen molar-refractivity contribution in [1.29, 1.82) is 0 Å². The van der Waals surface area contributed by atoms with E-state index >= 15 is 0 Å². The van der Waals surface area contributed by atoms with Crippen LogP contribution in [0.25, 0.3) is 22.2 Å². The van der Waals surface area contributed by atoms with Crippen LogP contribution in [-0.4, -0.2) is 42.3 Å². The van der Waals surface area contributed by atoms with Crippen molar-refractivity contribution in [2.24, 2.45) is 0 Å². The average Bonchev–Trinajstić information content (AvgIpc) is 3.31. The lowest BCUT2D eigenvalue weighted by atomic mass is 9.90. The van der Waals surface area contributed by atoms with Gasteiger partial charge in [-0.05, 0) is 69.5 Å². The molecular weight excluding hydrogens is 476 g/mol. The van der Waals surface area contributed by atoms with E-state index in [0.29, 0.717) is 36.2 Å². The van der Waals surface area contributed by atoms with Gasteiger partial charge in [0.2, 0.25) is 11.8 Å². The van der Waals surface area contributed by atoms with Crippen LogP contribution < -0.4 is 20.3 Å². The first-order valence-corrected chi connectivity index (χ1v) is 12.7. The molecule has 0 atom stereocenters. The van der Waals surface area contributed by atoms with E-state index < -0.39 is 11.6 Å². The summed E-state index contributed by atoms with van der Waals surface area (Å²) in [6.07, 6.45) is 3.29. The molecular formula is C28H29F2N5O2. The molecule has 2 aromatic heterocycles. The first kappa shape index (κ1) is 23.7. The minimum Gasteiger partial charge on any atom is -0.486 e. The Morgan fingerprint density at radius 2 is 1.92 bits per heavy atom. The van der Waals surface area contributed by atoms with Crippen molar-refractivity contribution in [3.63, 3.8) is 0 Å². The molecule has 2 aliphatic heterocycles. The first-order valence-electron chi connectivity index (χ1n) is 12.7. The Kier molecular flexibility index (Phi) is 6.16. The molecule has 0 radical (unpaired) electrons. The van der Waals surface area contributed by atoms with E-state index in [1.807, 2.05) is 24.8 Å². The molecule has 9 heteroatoms. The van der Waals surface area contributed by atoms with Gasteiger partial charge in [-0.1, -0.05) is 12.1 Å². The van der Waals surface area contributed by atoms with E-state index in [2.05, 4.69) is 38.8 Å². The third-order valence-electron chi connectivity index (χ3n) is 7.14. The van der Waals surface area contributed by atoms with Crippen LogP contribution in [0.1, 0.15) is 38.2 Å². The van der Waals surface area contributed by atoms with Crippen molar-refractivity contribution < 1.29 is 17.9 Å². The molecule has 0 spiro atoms. The number of aromatic nitrogens is 2. The first-order chi connectivity index (χ1) is 18.0. The number of anilines is 3. The molecule has 0 aliphatic carbocycles. The van der Waals surface area contributed by atoms with Gasteiger partial charge in [0.15, 0.2) is 17.4 Å². The second-order valence-electron chi connectivity index (χ2n) is 9.89. The van der Waals surface area contributed by atoms with Gasteiger partial charge in [-0.3, -0.25) is 5.32 Å². The number of nitrogens with one attached hydrogen (secondary N) is 2. The molecule has 0 amide bonds. The normalized spacial score (nSPS) is 16.2. The number of ether oxygens (including phenoxy) is 1. The standard InChI is InChI=1S/C28H29F2N5O2/c1-16(2)35-9-10-36-27-21(29)11-20(12-23(27)35)26-22(30)15-32-28(34-26)33-25-14-19-4-3-18(13-24(19)37-25)17-5-7-31-8-6-17/h3-4,11-17,31H,5-10H2,1-2H3,(H,32,33,34). The molecule has 2 aliphatic rings. The zero-order valence-corrected chi connectivity index (χ0v) is 20.9. The Bertz CT molecular complexity index is 1450. The average molecular weight is 506 g/mol. The highest BCUT2D eigenvalue weighted by Gasteiger charge is 2.26. The van der Waals surface area contributed by atoms with E-state index in [4.69, 9.17) is 9.15 Å². The van der Waals surface area contributed by atoms with Crippen LogP contribution in [0.3, 0.4) is 0 Å². The Hall–Kier alpha value is -3.72. The molecule has 7 nitrogen and oxygen atoms in total. The molecule has 192 valence electrons. The minimum absolute atomic E-state index is 0.00205. The van der Waals surface area contributed by atoms with Crippen molar-refractivity contribution in [1.82, 2.24) is 15.3 Å². The van der Waals surface area contributed by atoms with Gasteiger partial charge in [-0.25, -0.2) is 18.7 Å². The van der Waals surface area contributed by atoms with Crippen molar-refractivity contribution >= 4 is 28.5 Å². The summed E-state index contributed by atoms with van der Waals surface area (Å²) < 4.78 is 41.4. The van der Waals surface area contributed by atoms with Crippen LogP contribution in [0, 0.1) is 11.6 Å². The summed E-state index contributed by atoms with van der Waals surface area (Å²) in [7, 11) is 0. The molecule has 1 fully saturated rings.